The van der Waals surface area contributed by atoms with Crippen LogP contribution in [0.5, 0.6) is 11.5 Å². The van der Waals surface area contributed by atoms with Crippen molar-refractivity contribution in [3.05, 3.63) is 63.6 Å². The van der Waals surface area contributed by atoms with Crippen molar-refractivity contribution in [1.29, 1.82) is 0 Å². The van der Waals surface area contributed by atoms with E-state index in [1.807, 2.05) is 26.0 Å². The smallest absolute Gasteiger partial charge is 0.346 e. The van der Waals surface area contributed by atoms with E-state index >= 15 is 0 Å². The molecule has 1 aliphatic heterocycles. The number of hydrogen-bond acceptors (Lipinski definition) is 5. The third-order valence-electron chi connectivity index (χ3n) is 5.19. The lowest BCUT2D eigenvalue weighted by Gasteiger charge is -2.25. The van der Waals surface area contributed by atoms with E-state index in [9.17, 15) is 19.1 Å². The Labute approximate surface area is 188 Å². The number of rotatable bonds is 6. The van der Waals surface area contributed by atoms with Gasteiger partial charge in [-0.3, -0.25) is 4.79 Å². The molecule has 0 unspecified atom stereocenters. The Hall–Kier alpha value is -3.39. The van der Waals surface area contributed by atoms with Crippen molar-refractivity contribution in [3.8, 4) is 22.6 Å². The molecule has 0 saturated carbocycles. The first-order chi connectivity index (χ1) is 15.3. The lowest BCUT2D eigenvalue weighted by atomic mass is 9.88. The molecule has 2 N–H and O–H groups in total. The molecule has 1 atom stereocenters. The van der Waals surface area contributed by atoms with Gasteiger partial charge in [0.15, 0.2) is 11.5 Å². The van der Waals surface area contributed by atoms with Crippen LogP contribution in [0.4, 0.5) is 10.1 Å². The Morgan fingerprint density at radius 2 is 1.91 bits per heavy atom. The number of fused-ring (bicyclic) bond motifs is 1. The summed E-state index contributed by atoms with van der Waals surface area (Å²) in [5.74, 6) is -0.962. The number of halogens is 1. The van der Waals surface area contributed by atoms with Crippen LogP contribution in [0, 0.1) is 5.82 Å². The number of thiophene rings is 1. The number of nitrogens with one attached hydrogen (secondary N) is 1. The molecule has 3 aromatic rings. The molecule has 0 spiro atoms. The normalized spacial score (nSPS) is 15.3. The number of hydrogen-bond donors (Lipinski definition) is 2. The van der Waals surface area contributed by atoms with Crippen LogP contribution in [0.15, 0.2) is 42.5 Å². The molecule has 6 nitrogen and oxygen atoms in total. The highest BCUT2D eigenvalue weighted by molar-refractivity contribution is 7.15. The first kappa shape index (κ1) is 21.8. The van der Waals surface area contributed by atoms with Gasteiger partial charge in [0.05, 0.1) is 18.9 Å². The number of aromatic carboxylic acids is 1. The first-order valence-electron chi connectivity index (χ1n) is 10.1. The predicted molar refractivity (Wildman–Crippen MR) is 121 cm³/mol. The van der Waals surface area contributed by atoms with Crippen LogP contribution in [-0.4, -0.2) is 30.2 Å². The zero-order chi connectivity index (χ0) is 23.0. The topological polar surface area (TPSA) is 84.9 Å². The van der Waals surface area contributed by atoms with Gasteiger partial charge in [0.2, 0.25) is 5.91 Å². The summed E-state index contributed by atoms with van der Waals surface area (Å²) in [6, 6.07) is 11.0. The van der Waals surface area contributed by atoms with Crippen LogP contribution in [-0.2, 0) is 4.79 Å². The van der Waals surface area contributed by atoms with Crippen molar-refractivity contribution in [1.82, 2.24) is 0 Å². The third kappa shape index (κ3) is 4.05. The van der Waals surface area contributed by atoms with Gasteiger partial charge < -0.3 is 19.9 Å². The highest BCUT2D eigenvalue weighted by Gasteiger charge is 2.34. The maximum absolute atomic E-state index is 13.5. The molecule has 0 bridgehead atoms. The van der Waals surface area contributed by atoms with E-state index in [4.69, 9.17) is 9.47 Å². The van der Waals surface area contributed by atoms with E-state index in [0.717, 1.165) is 21.8 Å². The molecule has 2 heterocycles. The summed E-state index contributed by atoms with van der Waals surface area (Å²) in [6.45, 7) is 3.82. The number of amides is 1. The van der Waals surface area contributed by atoms with Gasteiger partial charge in [-0.1, -0.05) is 18.2 Å². The highest BCUT2D eigenvalue weighted by Crippen LogP contribution is 2.50. The SMILES string of the molecule is COc1ccc([C@H]2CC(=O)Nc3c2sc(C(=O)O)c3-c2ccc(F)cc2)cc1OC(C)C. The Morgan fingerprint density at radius 1 is 1.19 bits per heavy atom. The van der Waals surface area contributed by atoms with Gasteiger partial charge in [0.25, 0.3) is 0 Å². The molecule has 1 aliphatic rings. The number of ether oxygens (including phenoxy) is 2. The van der Waals surface area contributed by atoms with Gasteiger partial charge in [-0.25, -0.2) is 9.18 Å². The number of anilines is 1. The number of carboxylic acid groups (broad SMARTS) is 1. The first-order valence-corrected chi connectivity index (χ1v) is 10.9. The summed E-state index contributed by atoms with van der Waals surface area (Å²) in [7, 11) is 1.56. The monoisotopic (exact) mass is 455 g/mol. The number of carbonyl (C=O) groups is 2. The zero-order valence-electron chi connectivity index (χ0n) is 17.8. The molecular formula is C24H22FNO5S. The lowest BCUT2D eigenvalue weighted by Crippen LogP contribution is -2.22. The van der Waals surface area contributed by atoms with Crippen molar-refractivity contribution in [2.45, 2.75) is 32.3 Å². The maximum atomic E-state index is 13.5. The Balaban J connectivity index is 1.87. The van der Waals surface area contributed by atoms with Crippen LogP contribution in [0.3, 0.4) is 0 Å². The van der Waals surface area contributed by atoms with E-state index < -0.39 is 11.8 Å². The molecule has 1 amide bonds. The van der Waals surface area contributed by atoms with Crippen molar-refractivity contribution >= 4 is 28.9 Å². The Morgan fingerprint density at radius 3 is 2.53 bits per heavy atom. The van der Waals surface area contributed by atoms with Crippen LogP contribution >= 0.6 is 11.3 Å². The van der Waals surface area contributed by atoms with Gasteiger partial charge in [0, 0.05) is 22.8 Å². The molecular weight excluding hydrogens is 433 g/mol. The standard InChI is InChI=1S/C24H22FNO5S/c1-12(2)31-18-10-14(6-9-17(18)30-3)16-11-19(27)26-21-20(13-4-7-15(25)8-5-13)23(24(28)29)32-22(16)21/h4-10,12,16H,11H2,1-3H3,(H,26,27)(H,28,29)/t16-/m1/s1. The van der Waals surface area contributed by atoms with Crippen LogP contribution < -0.4 is 14.8 Å². The fraction of sp³-hybridized carbons (Fsp3) is 0.250. The molecule has 0 saturated heterocycles. The summed E-state index contributed by atoms with van der Waals surface area (Å²) in [4.78, 5) is 25.5. The van der Waals surface area contributed by atoms with E-state index in [0.29, 0.717) is 28.3 Å². The van der Waals surface area contributed by atoms with Crippen molar-refractivity contribution in [2.24, 2.45) is 0 Å². The molecule has 0 aliphatic carbocycles. The van der Waals surface area contributed by atoms with Crippen molar-refractivity contribution < 1.29 is 28.6 Å². The van der Waals surface area contributed by atoms with E-state index in [1.54, 1.807) is 13.2 Å². The Bertz CT molecular complexity index is 1190. The predicted octanol–water partition coefficient (Wildman–Crippen LogP) is 5.52. The summed E-state index contributed by atoms with van der Waals surface area (Å²) < 4.78 is 24.7. The van der Waals surface area contributed by atoms with Gasteiger partial charge in [0.1, 0.15) is 10.7 Å². The number of carbonyl (C=O) groups excluding carboxylic acids is 1. The van der Waals surface area contributed by atoms with Crippen LogP contribution in [0.2, 0.25) is 0 Å². The highest BCUT2D eigenvalue weighted by atomic mass is 32.1. The minimum absolute atomic E-state index is 0.0743. The number of benzene rings is 2. The van der Waals surface area contributed by atoms with Gasteiger partial charge >= 0.3 is 5.97 Å². The molecule has 2 aromatic carbocycles. The average Bonchev–Trinajstić information content (AvgIpc) is 3.13. The molecule has 1 aromatic heterocycles. The minimum atomic E-state index is -1.10. The summed E-state index contributed by atoms with van der Waals surface area (Å²) in [5, 5.41) is 12.7. The third-order valence-corrected chi connectivity index (χ3v) is 6.48. The fourth-order valence-electron chi connectivity index (χ4n) is 3.85. The van der Waals surface area contributed by atoms with E-state index in [1.165, 1.54) is 24.3 Å². The second-order valence-electron chi connectivity index (χ2n) is 7.74. The second-order valence-corrected chi connectivity index (χ2v) is 8.79. The van der Waals surface area contributed by atoms with Crippen LogP contribution in [0.25, 0.3) is 11.1 Å². The summed E-state index contributed by atoms with van der Waals surface area (Å²) >= 11 is 1.12. The average molecular weight is 456 g/mol. The molecule has 0 fully saturated rings. The van der Waals surface area contributed by atoms with E-state index in [2.05, 4.69) is 5.32 Å². The number of methoxy groups -OCH3 is 1. The largest absolute Gasteiger partial charge is 0.493 e. The molecule has 8 heteroatoms. The van der Waals surface area contributed by atoms with Gasteiger partial charge in [-0.2, -0.15) is 0 Å². The van der Waals surface area contributed by atoms with Crippen LogP contribution in [0.1, 0.15) is 46.3 Å². The van der Waals surface area contributed by atoms with Gasteiger partial charge in [-0.05, 0) is 49.2 Å². The second kappa shape index (κ2) is 8.63. The molecule has 0 radical (unpaired) electrons. The molecule has 166 valence electrons. The summed E-state index contributed by atoms with van der Waals surface area (Å²) in [6.07, 6.45) is 0.0953. The minimum Gasteiger partial charge on any atom is -0.493 e. The number of carboxylic acids is 1. The lowest BCUT2D eigenvalue weighted by molar-refractivity contribution is -0.116. The van der Waals surface area contributed by atoms with E-state index in [-0.39, 0.29) is 29.2 Å². The zero-order valence-corrected chi connectivity index (χ0v) is 18.6. The van der Waals surface area contributed by atoms with Crippen molar-refractivity contribution in [3.63, 3.8) is 0 Å². The molecule has 4 rings (SSSR count). The summed E-state index contributed by atoms with van der Waals surface area (Å²) in [5.41, 5.74) is 2.20. The fourth-order valence-corrected chi connectivity index (χ4v) is 5.10. The molecule has 32 heavy (non-hydrogen) atoms. The maximum Gasteiger partial charge on any atom is 0.346 e. The Kier molecular flexibility index (Phi) is 5.88. The van der Waals surface area contributed by atoms with Crippen molar-refractivity contribution in [2.75, 3.05) is 12.4 Å². The quantitative estimate of drug-likeness (QED) is 0.511. The van der Waals surface area contributed by atoms with Gasteiger partial charge in [-0.15, -0.1) is 11.3 Å².